The number of carbonyl (C=O) groups excluding carboxylic acids is 4. The molecule has 0 radical (unpaired) electrons. The summed E-state index contributed by atoms with van der Waals surface area (Å²) in [5.41, 5.74) is 1.93. The normalized spacial score (nSPS) is 27.9. The zero-order valence-electron chi connectivity index (χ0n) is 26.3. The van der Waals surface area contributed by atoms with E-state index in [0.717, 1.165) is 5.57 Å². The van der Waals surface area contributed by atoms with Crippen molar-refractivity contribution in [3.8, 4) is 11.5 Å². The number of anilines is 1. The maximum atomic E-state index is 15.1. The van der Waals surface area contributed by atoms with Crippen LogP contribution in [-0.2, 0) is 24.6 Å². The number of amides is 2. The minimum Gasteiger partial charge on any atom is -0.508 e. The lowest BCUT2D eigenvalue weighted by molar-refractivity contribution is -0.135. The Bertz CT molecular complexity index is 2040. The van der Waals surface area contributed by atoms with E-state index in [1.807, 2.05) is 72.8 Å². The molecule has 4 aromatic carbocycles. The molecule has 2 fully saturated rings. The SMILES string of the molecule is COc1ccc(O)c([C@H]2C3=CC[C@@H]4C(=O)N(c5ccccc5)C(=O)[C@@H]4[C@@H]3C[C@H]3C(=O)C(c4ccccc4)=CC(=O)[C@@]23c2ccccc2)c1. The first-order valence-corrected chi connectivity index (χ1v) is 16.3. The van der Waals surface area contributed by atoms with Crippen LogP contribution in [0.15, 0.2) is 127 Å². The summed E-state index contributed by atoms with van der Waals surface area (Å²) in [6.45, 7) is 0. The molecule has 6 atom stereocenters. The Morgan fingerprint density at radius 1 is 0.792 bits per heavy atom. The number of carbonyl (C=O) groups is 4. The van der Waals surface area contributed by atoms with Crippen LogP contribution in [0.5, 0.6) is 11.5 Å². The molecular weight excluding hydrogens is 602 g/mol. The number of hydrogen-bond donors (Lipinski definition) is 1. The average Bonchev–Trinajstić information content (AvgIpc) is 3.39. The number of ketones is 2. The van der Waals surface area contributed by atoms with E-state index in [-0.39, 0.29) is 35.6 Å². The van der Waals surface area contributed by atoms with E-state index in [9.17, 15) is 19.5 Å². The first-order valence-electron chi connectivity index (χ1n) is 16.3. The van der Waals surface area contributed by atoms with Crippen LogP contribution in [0.25, 0.3) is 5.57 Å². The maximum absolute atomic E-state index is 15.1. The number of imide groups is 1. The standard InChI is InChI=1S/C41H33NO6/c1-48-27-17-20-34(43)32(21-27)37-28-18-19-29-36(40(47)42(39(29)46)26-15-9-4-10-16-26)31(28)22-33-38(45)30(24-11-5-2-6-12-24)23-35(44)41(33,37)25-13-7-3-8-14-25/h2-18,20-21,23,29,31,33,36-37,43H,19,22H2,1H3/t29-,31+,33-,36-,37+,41-/m0/s1. The number of fused-ring (bicyclic) bond motifs is 4. The van der Waals surface area contributed by atoms with Gasteiger partial charge in [-0.05, 0) is 66.3 Å². The third-order valence-electron chi connectivity index (χ3n) is 10.9. The Morgan fingerprint density at radius 3 is 2.15 bits per heavy atom. The minimum atomic E-state index is -1.43. The minimum absolute atomic E-state index is 0.0450. The Morgan fingerprint density at radius 2 is 1.46 bits per heavy atom. The van der Waals surface area contributed by atoms with Gasteiger partial charge < -0.3 is 9.84 Å². The van der Waals surface area contributed by atoms with Crippen LogP contribution in [0.2, 0.25) is 0 Å². The quantitative estimate of drug-likeness (QED) is 0.200. The third-order valence-corrected chi connectivity index (χ3v) is 10.9. The molecule has 0 bridgehead atoms. The van der Waals surface area contributed by atoms with Gasteiger partial charge in [0.05, 0.1) is 30.0 Å². The third kappa shape index (κ3) is 4.20. The van der Waals surface area contributed by atoms with E-state index in [0.29, 0.717) is 40.1 Å². The van der Waals surface area contributed by atoms with Crippen molar-refractivity contribution >= 4 is 34.6 Å². The molecule has 1 N–H and O–H groups in total. The number of phenols is 1. The number of methoxy groups -OCH3 is 1. The molecule has 8 rings (SSSR count). The van der Waals surface area contributed by atoms with Crippen LogP contribution in [0, 0.1) is 23.7 Å². The molecule has 0 unspecified atom stereocenters. The molecule has 0 spiro atoms. The second kappa shape index (κ2) is 11.3. The molecule has 7 heteroatoms. The summed E-state index contributed by atoms with van der Waals surface area (Å²) in [7, 11) is 1.53. The van der Waals surface area contributed by atoms with Gasteiger partial charge in [0.25, 0.3) is 0 Å². The van der Waals surface area contributed by atoms with Crippen molar-refractivity contribution in [3.05, 3.63) is 144 Å². The molecule has 1 aliphatic heterocycles. The molecule has 1 heterocycles. The molecule has 238 valence electrons. The van der Waals surface area contributed by atoms with Crippen LogP contribution < -0.4 is 9.64 Å². The zero-order valence-corrected chi connectivity index (χ0v) is 26.3. The van der Waals surface area contributed by atoms with Crippen LogP contribution in [0.3, 0.4) is 0 Å². The average molecular weight is 636 g/mol. The Hall–Kier alpha value is -5.56. The molecule has 48 heavy (non-hydrogen) atoms. The number of allylic oxidation sites excluding steroid dienone is 4. The number of Topliss-reactive ketones (excluding diaryl/α,β-unsaturated/α-hetero) is 1. The van der Waals surface area contributed by atoms with Gasteiger partial charge in [0.15, 0.2) is 11.6 Å². The van der Waals surface area contributed by atoms with Gasteiger partial charge in [0, 0.05) is 23.0 Å². The highest BCUT2D eigenvalue weighted by Crippen LogP contribution is 2.64. The lowest BCUT2D eigenvalue weighted by atomic mass is 9.44. The van der Waals surface area contributed by atoms with Gasteiger partial charge in [0.2, 0.25) is 11.8 Å². The van der Waals surface area contributed by atoms with Gasteiger partial charge >= 0.3 is 0 Å². The van der Waals surface area contributed by atoms with Gasteiger partial charge in [-0.15, -0.1) is 0 Å². The van der Waals surface area contributed by atoms with Crippen molar-refractivity contribution in [3.63, 3.8) is 0 Å². The summed E-state index contributed by atoms with van der Waals surface area (Å²) >= 11 is 0. The molecule has 1 saturated heterocycles. The van der Waals surface area contributed by atoms with Crippen LogP contribution in [-0.4, -0.2) is 35.6 Å². The summed E-state index contributed by atoms with van der Waals surface area (Å²) < 4.78 is 5.60. The van der Waals surface area contributed by atoms with Crippen molar-refractivity contribution in [2.45, 2.75) is 24.2 Å². The van der Waals surface area contributed by atoms with Crippen molar-refractivity contribution in [1.82, 2.24) is 0 Å². The van der Waals surface area contributed by atoms with Gasteiger partial charge in [-0.3, -0.25) is 24.1 Å². The monoisotopic (exact) mass is 635 g/mol. The lowest BCUT2D eigenvalue weighted by Gasteiger charge is -2.55. The Labute approximate surface area is 278 Å². The van der Waals surface area contributed by atoms with Crippen molar-refractivity contribution in [2.75, 3.05) is 12.0 Å². The van der Waals surface area contributed by atoms with E-state index in [2.05, 4.69) is 0 Å². The first kappa shape index (κ1) is 29.8. The van der Waals surface area contributed by atoms with Crippen LogP contribution in [0.1, 0.15) is 35.4 Å². The summed E-state index contributed by atoms with van der Waals surface area (Å²) in [4.78, 5) is 59.7. The van der Waals surface area contributed by atoms with Crippen LogP contribution in [0.4, 0.5) is 5.69 Å². The van der Waals surface area contributed by atoms with Crippen molar-refractivity contribution in [1.29, 1.82) is 0 Å². The Balaban J connectivity index is 1.39. The number of phenolic OH excluding ortho intramolecular Hbond substituents is 1. The van der Waals surface area contributed by atoms with Crippen LogP contribution >= 0.6 is 0 Å². The van der Waals surface area contributed by atoms with E-state index in [4.69, 9.17) is 4.74 Å². The second-order valence-electron chi connectivity index (χ2n) is 13.1. The maximum Gasteiger partial charge on any atom is 0.238 e. The molecule has 2 amide bonds. The van der Waals surface area contributed by atoms with Gasteiger partial charge in [-0.25, -0.2) is 0 Å². The number of aromatic hydroxyl groups is 1. The fraction of sp³-hybridized carbons (Fsp3) is 0.220. The summed E-state index contributed by atoms with van der Waals surface area (Å²) in [5.74, 6) is -4.14. The fourth-order valence-electron chi connectivity index (χ4n) is 8.94. The van der Waals surface area contributed by atoms with Gasteiger partial charge in [-0.1, -0.05) is 90.5 Å². The molecule has 4 aromatic rings. The number of hydrogen-bond acceptors (Lipinski definition) is 6. The predicted molar refractivity (Wildman–Crippen MR) is 180 cm³/mol. The van der Waals surface area contributed by atoms with Gasteiger partial charge in [-0.2, -0.15) is 0 Å². The van der Waals surface area contributed by atoms with Crippen molar-refractivity contribution < 1.29 is 29.0 Å². The number of para-hydroxylation sites is 1. The number of nitrogens with zero attached hydrogens (tertiary/aromatic N) is 1. The Kier molecular flexibility index (Phi) is 7.02. The molecule has 1 saturated carbocycles. The van der Waals surface area contributed by atoms with E-state index >= 15 is 4.79 Å². The largest absolute Gasteiger partial charge is 0.508 e. The summed E-state index contributed by atoms with van der Waals surface area (Å²) in [5, 5.41) is 11.6. The van der Waals surface area contributed by atoms with Crippen molar-refractivity contribution in [2.24, 2.45) is 23.7 Å². The number of rotatable bonds is 5. The number of benzene rings is 4. The zero-order chi connectivity index (χ0) is 33.2. The highest BCUT2D eigenvalue weighted by atomic mass is 16.5. The fourth-order valence-corrected chi connectivity index (χ4v) is 8.94. The summed E-state index contributed by atoms with van der Waals surface area (Å²) in [6.07, 6.45) is 3.96. The highest BCUT2D eigenvalue weighted by molar-refractivity contribution is 6.32. The first-order chi connectivity index (χ1) is 23.4. The molecule has 0 aromatic heterocycles. The second-order valence-corrected chi connectivity index (χ2v) is 13.1. The summed E-state index contributed by atoms with van der Waals surface area (Å²) in [6, 6.07) is 32.3. The number of ether oxygens (including phenoxy) is 1. The molecule has 7 nitrogen and oxygen atoms in total. The predicted octanol–water partition coefficient (Wildman–Crippen LogP) is 6.43. The van der Waals surface area contributed by atoms with E-state index < -0.39 is 35.0 Å². The molecular formula is C41H33NO6. The van der Waals surface area contributed by atoms with Gasteiger partial charge in [0.1, 0.15) is 11.5 Å². The highest BCUT2D eigenvalue weighted by Gasteiger charge is 2.66. The van der Waals surface area contributed by atoms with E-state index in [1.165, 1.54) is 18.1 Å². The lowest BCUT2D eigenvalue weighted by Crippen LogP contribution is -2.58. The molecule has 4 aliphatic rings. The van der Waals surface area contributed by atoms with E-state index in [1.54, 1.807) is 42.5 Å². The molecule has 3 aliphatic carbocycles. The topological polar surface area (TPSA) is 101 Å². The smallest absolute Gasteiger partial charge is 0.238 e.